The predicted octanol–water partition coefficient (Wildman–Crippen LogP) is 3.75. The fourth-order valence-corrected chi connectivity index (χ4v) is 3.60. The molecular formula is C23H25N5O2. The quantitative estimate of drug-likeness (QED) is 0.719. The second-order valence-corrected chi connectivity index (χ2v) is 7.56. The average molecular weight is 403 g/mol. The molecule has 4 rings (SSSR count). The summed E-state index contributed by atoms with van der Waals surface area (Å²) >= 11 is 0. The van der Waals surface area contributed by atoms with Crippen LogP contribution in [-0.4, -0.2) is 44.6 Å². The van der Waals surface area contributed by atoms with Gasteiger partial charge in [-0.15, -0.1) is 0 Å². The first-order valence-corrected chi connectivity index (χ1v) is 10.3. The van der Waals surface area contributed by atoms with Crippen LogP contribution in [0, 0.1) is 0 Å². The maximum absolute atomic E-state index is 12.7. The minimum Gasteiger partial charge on any atom is -0.339 e. The molecule has 0 radical (unpaired) electrons. The highest BCUT2D eigenvalue weighted by molar-refractivity contribution is 6.04. The van der Waals surface area contributed by atoms with Crippen molar-refractivity contribution in [3.8, 4) is 11.4 Å². The lowest BCUT2D eigenvalue weighted by Gasteiger charge is -2.20. The highest BCUT2D eigenvalue weighted by Gasteiger charge is 2.17. The molecule has 0 aliphatic carbocycles. The Morgan fingerprint density at radius 3 is 2.10 bits per heavy atom. The summed E-state index contributed by atoms with van der Waals surface area (Å²) in [4.78, 5) is 31.4. The third-order valence-corrected chi connectivity index (χ3v) is 5.29. The van der Waals surface area contributed by atoms with Gasteiger partial charge in [-0.05, 0) is 49.2 Å². The highest BCUT2D eigenvalue weighted by Crippen LogP contribution is 2.18. The van der Waals surface area contributed by atoms with E-state index in [9.17, 15) is 9.59 Å². The molecule has 0 saturated carbocycles. The lowest BCUT2D eigenvalue weighted by molar-refractivity contribution is 0.0761. The fraction of sp³-hybridized carbons (Fsp3) is 0.304. The summed E-state index contributed by atoms with van der Waals surface area (Å²) in [7, 11) is 1.81. The Labute approximate surface area is 175 Å². The minimum absolute atomic E-state index is 0.0634. The number of rotatable bonds is 4. The van der Waals surface area contributed by atoms with Gasteiger partial charge in [-0.25, -0.2) is 4.98 Å². The molecule has 1 aliphatic heterocycles. The van der Waals surface area contributed by atoms with E-state index >= 15 is 0 Å². The summed E-state index contributed by atoms with van der Waals surface area (Å²) < 4.78 is 1.64. The number of carbonyl (C=O) groups is 2. The van der Waals surface area contributed by atoms with Crippen molar-refractivity contribution in [3.63, 3.8) is 0 Å². The number of hydrogen-bond donors (Lipinski definition) is 1. The molecule has 30 heavy (non-hydrogen) atoms. The van der Waals surface area contributed by atoms with E-state index in [1.54, 1.807) is 47.4 Å². The predicted molar refractivity (Wildman–Crippen MR) is 115 cm³/mol. The second kappa shape index (κ2) is 8.90. The average Bonchev–Trinajstić information content (AvgIpc) is 3.03. The number of nitrogens with zero attached hydrogens (tertiary/aromatic N) is 4. The van der Waals surface area contributed by atoms with Gasteiger partial charge in [0.15, 0.2) is 5.82 Å². The normalized spacial score (nSPS) is 14.2. The van der Waals surface area contributed by atoms with Crippen molar-refractivity contribution < 1.29 is 9.59 Å². The van der Waals surface area contributed by atoms with E-state index in [0.717, 1.165) is 31.5 Å². The first-order chi connectivity index (χ1) is 14.6. The van der Waals surface area contributed by atoms with Crippen molar-refractivity contribution in [2.24, 2.45) is 7.05 Å². The van der Waals surface area contributed by atoms with Gasteiger partial charge in [-0.2, -0.15) is 5.10 Å². The van der Waals surface area contributed by atoms with E-state index in [1.807, 2.05) is 24.1 Å². The van der Waals surface area contributed by atoms with Crippen molar-refractivity contribution in [3.05, 3.63) is 66.0 Å². The van der Waals surface area contributed by atoms with Crippen molar-refractivity contribution in [1.82, 2.24) is 19.7 Å². The third-order valence-electron chi connectivity index (χ3n) is 5.29. The van der Waals surface area contributed by atoms with Crippen LogP contribution in [0.15, 0.2) is 54.9 Å². The molecule has 1 fully saturated rings. The zero-order valence-corrected chi connectivity index (χ0v) is 17.0. The van der Waals surface area contributed by atoms with Crippen molar-refractivity contribution >= 4 is 17.5 Å². The molecule has 0 atom stereocenters. The van der Waals surface area contributed by atoms with E-state index in [-0.39, 0.29) is 11.8 Å². The molecule has 0 unspecified atom stereocenters. The Morgan fingerprint density at radius 1 is 0.867 bits per heavy atom. The van der Waals surface area contributed by atoms with Gasteiger partial charge >= 0.3 is 0 Å². The first-order valence-electron chi connectivity index (χ1n) is 10.3. The molecule has 2 aromatic carbocycles. The number of hydrogen-bond acceptors (Lipinski definition) is 4. The van der Waals surface area contributed by atoms with Crippen LogP contribution >= 0.6 is 0 Å². The number of likely N-dealkylation sites (tertiary alicyclic amines) is 1. The van der Waals surface area contributed by atoms with Gasteiger partial charge in [0.05, 0.1) is 0 Å². The zero-order chi connectivity index (χ0) is 20.9. The number of carbonyl (C=O) groups excluding carboxylic acids is 2. The zero-order valence-electron chi connectivity index (χ0n) is 17.0. The maximum atomic E-state index is 12.7. The van der Waals surface area contributed by atoms with Crippen LogP contribution in [-0.2, 0) is 7.05 Å². The molecule has 154 valence electrons. The summed E-state index contributed by atoms with van der Waals surface area (Å²) in [6, 6.07) is 14.2. The molecule has 0 bridgehead atoms. The van der Waals surface area contributed by atoms with Gasteiger partial charge in [-0.1, -0.05) is 25.0 Å². The lowest BCUT2D eigenvalue weighted by atomic mass is 10.1. The molecule has 1 saturated heterocycles. The molecule has 1 aromatic heterocycles. The summed E-state index contributed by atoms with van der Waals surface area (Å²) in [5, 5.41) is 7.14. The van der Waals surface area contributed by atoms with Crippen LogP contribution in [0.25, 0.3) is 11.4 Å². The SMILES string of the molecule is Cn1cnc(-c2ccc(C(=O)Nc3ccc(C(=O)N4CCCCCC4)cc3)cc2)n1. The Balaban J connectivity index is 1.39. The first kappa shape index (κ1) is 19.8. The van der Waals surface area contributed by atoms with Crippen molar-refractivity contribution in [2.45, 2.75) is 25.7 Å². The number of aryl methyl sites for hydroxylation is 1. The van der Waals surface area contributed by atoms with Gasteiger partial charge in [-0.3, -0.25) is 14.3 Å². The van der Waals surface area contributed by atoms with Crippen LogP contribution in [0.2, 0.25) is 0 Å². The monoisotopic (exact) mass is 403 g/mol. The molecule has 0 spiro atoms. The highest BCUT2D eigenvalue weighted by atomic mass is 16.2. The molecule has 7 nitrogen and oxygen atoms in total. The summed E-state index contributed by atoms with van der Waals surface area (Å²) in [5.74, 6) is 0.477. The minimum atomic E-state index is -0.206. The number of benzene rings is 2. The van der Waals surface area contributed by atoms with E-state index in [1.165, 1.54) is 12.8 Å². The van der Waals surface area contributed by atoms with Crippen molar-refractivity contribution in [1.29, 1.82) is 0 Å². The number of anilines is 1. The molecule has 7 heteroatoms. The standard InChI is InChI=1S/C23H25N5O2/c1-27-16-24-21(26-27)17-6-8-18(9-7-17)22(29)25-20-12-10-19(11-13-20)23(30)28-14-4-2-3-5-15-28/h6-13,16H,2-5,14-15H2,1H3,(H,25,29). The van der Waals surface area contributed by atoms with E-state index in [4.69, 9.17) is 0 Å². The third kappa shape index (κ3) is 4.56. The molecule has 2 amide bonds. The largest absolute Gasteiger partial charge is 0.339 e. The van der Waals surface area contributed by atoms with Crippen LogP contribution in [0.1, 0.15) is 46.4 Å². The van der Waals surface area contributed by atoms with Gasteiger partial charge in [0.1, 0.15) is 6.33 Å². The van der Waals surface area contributed by atoms with Crippen LogP contribution in [0.3, 0.4) is 0 Å². The summed E-state index contributed by atoms with van der Waals surface area (Å²) in [6.07, 6.45) is 6.14. The van der Waals surface area contributed by atoms with Gasteiger partial charge in [0.25, 0.3) is 11.8 Å². The number of nitrogens with one attached hydrogen (secondary N) is 1. The maximum Gasteiger partial charge on any atom is 0.255 e. The van der Waals surface area contributed by atoms with Crippen LogP contribution < -0.4 is 5.32 Å². The molecule has 3 aromatic rings. The Morgan fingerprint density at radius 2 is 1.50 bits per heavy atom. The molecule has 1 N–H and O–H groups in total. The van der Waals surface area contributed by atoms with Gasteiger partial charge < -0.3 is 10.2 Å². The van der Waals surface area contributed by atoms with E-state index in [2.05, 4.69) is 15.4 Å². The van der Waals surface area contributed by atoms with E-state index in [0.29, 0.717) is 22.6 Å². The number of aromatic nitrogens is 3. The Bertz CT molecular complexity index is 1020. The summed E-state index contributed by atoms with van der Waals surface area (Å²) in [6.45, 7) is 1.64. The molecular weight excluding hydrogens is 378 g/mol. The Kier molecular flexibility index (Phi) is 5.88. The second-order valence-electron chi connectivity index (χ2n) is 7.56. The van der Waals surface area contributed by atoms with Crippen LogP contribution in [0.5, 0.6) is 0 Å². The smallest absolute Gasteiger partial charge is 0.255 e. The van der Waals surface area contributed by atoms with Gasteiger partial charge in [0.2, 0.25) is 0 Å². The summed E-state index contributed by atoms with van der Waals surface area (Å²) in [5.41, 5.74) is 2.70. The van der Waals surface area contributed by atoms with E-state index < -0.39 is 0 Å². The van der Waals surface area contributed by atoms with Gasteiger partial charge in [0, 0.05) is 42.5 Å². The number of amides is 2. The Hall–Kier alpha value is -3.48. The van der Waals surface area contributed by atoms with Crippen LogP contribution in [0.4, 0.5) is 5.69 Å². The molecule has 1 aliphatic rings. The fourth-order valence-electron chi connectivity index (χ4n) is 3.60. The topological polar surface area (TPSA) is 80.1 Å². The molecule has 2 heterocycles. The van der Waals surface area contributed by atoms with Crippen molar-refractivity contribution in [2.75, 3.05) is 18.4 Å². The lowest BCUT2D eigenvalue weighted by Crippen LogP contribution is -2.31.